The lowest BCUT2D eigenvalue weighted by Gasteiger charge is -2.20. The third-order valence-electron chi connectivity index (χ3n) is 3.69. The Kier molecular flexibility index (Phi) is 5.07. The molecule has 0 saturated heterocycles. The van der Waals surface area contributed by atoms with E-state index in [0.717, 1.165) is 6.07 Å². The van der Waals surface area contributed by atoms with E-state index >= 15 is 0 Å². The molecule has 2 rings (SSSR count). The van der Waals surface area contributed by atoms with E-state index in [1.807, 2.05) is 0 Å². The van der Waals surface area contributed by atoms with Crippen LogP contribution < -0.4 is 0 Å². The fourth-order valence-corrected chi connectivity index (χ4v) is 2.48. The van der Waals surface area contributed by atoms with E-state index in [0.29, 0.717) is 6.42 Å². The number of benzene rings is 1. The average molecular weight is 313 g/mol. The van der Waals surface area contributed by atoms with E-state index < -0.39 is 36.0 Å². The summed E-state index contributed by atoms with van der Waals surface area (Å²) >= 11 is 0. The molecule has 1 saturated carbocycles. The average Bonchev–Trinajstić information content (AvgIpc) is 3.25. The molecule has 0 bridgehead atoms. The number of nitrogens with zero attached hydrogens (tertiary/aromatic N) is 1. The first-order valence-corrected chi connectivity index (χ1v) is 6.89. The first-order chi connectivity index (χ1) is 10.5. The zero-order valence-corrected chi connectivity index (χ0v) is 12.1. The molecule has 0 aliphatic heterocycles. The number of methoxy groups -OCH3 is 1. The predicted octanol–water partition coefficient (Wildman–Crippen LogP) is 1.63. The molecule has 5 nitrogen and oxygen atoms in total. The summed E-state index contributed by atoms with van der Waals surface area (Å²) in [5, 5.41) is 8.85. The van der Waals surface area contributed by atoms with Crippen molar-refractivity contribution in [1.29, 1.82) is 0 Å². The highest BCUT2D eigenvalue weighted by Crippen LogP contribution is 2.49. The molecular formula is C15H17F2NO4. The Morgan fingerprint density at radius 2 is 2.14 bits per heavy atom. The van der Waals surface area contributed by atoms with Gasteiger partial charge in [-0.3, -0.25) is 9.59 Å². The number of carbonyl (C=O) groups is 2. The van der Waals surface area contributed by atoms with Gasteiger partial charge in [-0.05, 0) is 24.0 Å². The molecule has 120 valence electrons. The van der Waals surface area contributed by atoms with Gasteiger partial charge in [0.2, 0.25) is 5.91 Å². The van der Waals surface area contributed by atoms with Crippen molar-refractivity contribution in [3.63, 3.8) is 0 Å². The van der Waals surface area contributed by atoms with E-state index in [1.165, 1.54) is 24.1 Å². The molecule has 7 heteroatoms. The van der Waals surface area contributed by atoms with Crippen LogP contribution in [0.1, 0.15) is 17.9 Å². The Bertz CT molecular complexity index is 579. The van der Waals surface area contributed by atoms with Crippen molar-refractivity contribution in [2.45, 2.75) is 12.3 Å². The number of rotatable bonds is 7. The Labute approximate surface area is 126 Å². The lowest BCUT2D eigenvalue weighted by molar-refractivity contribution is -0.145. The fraction of sp³-hybridized carbons (Fsp3) is 0.467. The number of carbonyl (C=O) groups excluding carboxylic acids is 1. The lowest BCUT2D eigenvalue weighted by Crippen LogP contribution is -2.39. The summed E-state index contributed by atoms with van der Waals surface area (Å²) < 4.78 is 31.8. The fourth-order valence-electron chi connectivity index (χ4n) is 2.48. The van der Waals surface area contributed by atoms with Crippen molar-refractivity contribution < 1.29 is 28.2 Å². The quantitative estimate of drug-likeness (QED) is 0.831. The van der Waals surface area contributed by atoms with Crippen LogP contribution in [0.3, 0.4) is 0 Å². The molecule has 1 aromatic carbocycles. The minimum Gasteiger partial charge on any atom is -0.480 e. The topological polar surface area (TPSA) is 66.8 Å². The molecule has 0 aromatic heterocycles. The molecule has 1 N–H and O–H groups in total. The van der Waals surface area contributed by atoms with E-state index in [2.05, 4.69) is 0 Å². The van der Waals surface area contributed by atoms with Crippen LogP contribution in [0.5, 0.6) is 0 Å². The van der Waals surface area contributed by atoms with E-state index in [-0.39, 0.29) is 24.6 Å². The van der Waals surface area contributed by atoms with Gasteiger partial charge < -0.3 is 14.7 Å². The monoisotopic (exact) mass is 313 g/mol. The number of carboxylic acids is 1. The SMILES string of the molecule is COCCN(CC(=O)O)C(=O)[C@H]1C[C@H]1c1cccc(F)c1F. The van der Waals surface area contributed by atoms with Crippen molar-refractivity contribution in [2.24, 2.45) is 5.92 Å². The first kappa shape index (κ1) is 16.4. The van der Waals surface area contributed by atoms with Gasteiger partial charge in [0.05, 0.1) is 6.61 Å². The highest BCUT2D eigenvalue weighted by molar-refractivity contribution is 5.86. The number of ether oxygens (including phenoxy) is 1. The number of aliphatic carboxylic acids is 1. The van der Waals surface area contributed by atoms with Gasteiger partial charge in [0.15, 0.2) is 11.6 Å². The Morgan fingerprint density at radius 1 is 1.41 bits per heavy atom. The number of amides is 1. The molecule has 2 atom stereocenters. The van der Waals surface area contributed by atoms with Crippen LogP contribution in [0.4, 0.5) is 8.78 Å². The second-order valence-electron chi connectivity index (χ2n) is 5.24. The molecule has 1 aliphatic rings. The summed E-state index contributed by atoms with van der Waals surface area (Å²) in [5.41, 5.74) is 0.167. The summed E-state index contributed by atoms with van der Waals surface area (Å²) in [5.74, 6) is -4.29. The molecule has 1 amide bonds. The van der Waals surface area contributed by atoms with Crippen LogP contribution in [0.2, 0.25) is 0 Å². The third-order valence-corrected chi connectivity index (χ3v) is 3.69. The van der Waals surface area contributed by atoms with Gasteiger partial charge in [-0.1, -0.05) is 12.1 Å². The molecule has 0 unspecified atom stereocenters. The third kappa shape index (κ3) is 3.59. The van der Waals surface area contributed by atoms with E-state index in [1.54, 1.807) is 0 Å². The molecule has 1 aromatic rings. The number of hydrogen-bond acceptors (Lipinski definition) is 3. The summed E-state index contributed by atoms with van der Waals surface area (Å²) in [6.07, 6.45) is 0.391. The maximum atomic E-state index is 13.7. The first-order valence-electron chi connectivity index (χ1n) is 6.89. The van der Waals surface area contributed by atoms with Crippen LogP contribution in [0.15, 0.2) is 18.2 Å². The minimum absolute atomic E-state index is 0.149. The Hall–Kier alpha value is -2.02. The van der Waals surface area contributed by atoms with Crippen LogP contribution in [0, 0.1) is 17.6 Å². The van der Waals surface area contributed by atoms with Crippen molar-refractivity contribution in [3.8, 4) is 0 Å². The van der Waals surface area contributed by atoms with Crippen LogP contribution in [-0.2, 0) is 14.3 Å². The maximum Gasteiger partial charge on any atom is 0.323 e. The number of carboxylic acid groups (broad SMARTS) is 1. The second kappa shape index (κ2) is 6.83. The van der Waals surface area contributed by atoms with Crippen molar-refractivity contribution in [1.82, 2.24) is 4.90 Å². The molecule has 22 heavy (non-hydrogen) atoms. The largest absolute Gasteiger partial charge is 0.480 e. The highest BCUT2D eigenvalue weighted by atomic mass is 19.2. The van der Waals surface area contributed by atoms with E-state index in [4.69, 9.17) is 9.84 Å². The standard InChI is InChI=1S/C15H17F2NO4/c1-22-6-5-18(8-13(19)20)15(21)11-7-10(11)9-3-2-4-12(16)14(9)17/h2-4,10-11H,5-8H2,1H3,(H,19,20)/t10-,11-/m0/s1. The van der Waals surface area contributed by atoms with Gasteiger partial charge in [0, 0.05) is 19.6 Å². The summed E-state index contributed by atoms with van der Waals surface area (Å²) in [6.45, 7) is -0.0712. The molecule has 0 radical (unpaired) electrons. The van der Waals surface area contributed by atoms with Gasteiger partial charge in [0.1, 0.15) is 6.54 Å². The minimum atomic E-state index is -1.13. The van der Waals surface area contributed by atoms with Gasteiger partial charge >= 0.3 is 5.97 Å². The molecular weight excluding hydrogens is 296 g/mol. The van der Waals surface area contributed by atoms with Crippen LogP contribution in [-0.4, -0.2) is 48.7 Å². The van der Waals surface area contributed by atoms with E-state index in [9.17, 15) is 18.4 Å². The summed E-state index contributed by atoms with van der Waals surface area (Å²) in [6, 6.07) is 3.87. The highest BCUT2D eigenvalue weighted by Gasteiger charge is 2.47. The maximum absolute atomic E-state index is 13.7. The molecule has 0 heterocycles. The van der Waals surface area contributed by atoms with Crippen molar-refractivity contribution >= 4 is 11.9 Å². The van der Waals surface area contributed by atoms with Gasteiger partial charge in [-0.2, -0.15) is 0 Å². The Morgan fingerprint density at radius 3 is 2.77 bits per heavy atom. The number of hydrogen-bond donors (Lipinski definition) is 1. The molecule has 0 spiro atoms. The van der Waals surface area contributed by atoms with Crippen molar-refractivity contribution in [2.75, 3.05) is 26.8 Å². The zero-order valence-electron chi connectivity index (χ0n) is 12.1. The lowest BCUT2D eigenvalue weighted by atomic mass is 10.1. The smallest absolute Gasteiger partial charge is 0.323 e. The Balaban J connectivity index is 2.07. The van der Waals surface area contributed by atoms with Crippen LogP contribution >= 0.6 is 0 Å². The van der Waals surface area contributed by atoms with Crippen LogP contribution in [0.25, 0.3) is 0 Å². The summed E-state index contributed by atoms with van der Waals surface area (Å²) in [7, 11) is 1.45. The second-order valence-corrected chi connectivity index (χ2v) is 5.24. The predicted molar refractivity (Wildman–Crippen MR) is 73.3 cm³/mol. The van der Waals surface area contributed by atoms with Crippen molar-refractivity contribution in [3.05, 3.63) is 35.4 Å². The molecule has 1 aliphatic carbocycles. The zero-order chi connectivity index (χ0) is 16.3. The van der Waals surface area contributed by atoms with Gasteiger partial charge in [-0.25, -0.2) is 8.78 Å². The normalized spacial score (nSPS) is 19.8. The van der Waals surface area contributed by atoms with Gasteiger partial charge in [-0.15, -0.1) is 0 Å². The number of halogens is 2. The summed E-state index contributed by atoms with van der Waals surface area (Å²) in [4.78, 5) is 24.3. The molecule has 1 fully saturated rings. The van der Waals surface area contributed by atoms with Gasteiger partial charge in [0.25, 0.3) is 0 Å².